The Bertz CT molecular complexity index is 459. The van der Waals surface area contributed by atoms with Crippen molar-refractivity contribution >= 4 is 17.9 Å². The van der Waals surface area contributed by atoms with E-state index < -0.39 is 11.7 Å². The Kier molecular flexibility index (Phi) is 4.03. The number of halogens is 1. The fourth-order valence-corrected chi connectivity index (χ4v) is 1.35. The van der Waals surface area contributed by atoms with Crippen molar-refractivity contribution < 1.29 is 23.5 Å². The lowest BCUT2D eigenvalue weighted by Gasteiger charge is -2.14. The van der Waals surface area contributed by atoms with E-state index >= 15 is 0 Å². The summed E-state index contributed by atoms with van der Waals surface area (Å²) in [5.74, 6) is -1.22. The molecule has 1 aromatic rings. The molecule has 0 bridgehead atoms. The lowest BCUT2D eigenvalue weighted by atomic mass is 10.1. The summed E-state index contributed by atoms with van der Waals surface area (Å²) < 4.78 is 23.7. The van der Waals surface area contributed by atoms with Crippen LogP contribution < -0.4 is 14.8 Å². The number of ether oxygens (including phenoxy) is 2. The average Bonchev–Trinajstić information content (AvgIpc) is 2.30. The van der Waals surface area contributed by atoms with E-state index in [9.17, 15) is 14.0 Å². The van der Waals surface area contributed by atoms with Crippen LogP contribution >= 0.6 is 0 Å². The van der Waals surface area contributed by atoms with E-state index in [1.807, 2.05) is 0 Å². The van der Waals surface area contributed by atoms with Crippen LogP contribution in [0.3, 0.4) is 0 Å². The maximum Gasteiger partial charge on any atom is 0.221 e. The van der Waals surface area contributed by atoms with Gasteiger partial charge in [-0.05, 0) is 0 Å². The quantitative estimate of drug-likeness (QED) is 0.813. The fourth-order valence-electron chi connectivity index (χ4n) is 1.35. The predicted molar refractivity (Wildman–Crippen MR) is 59.2 cm³/mol. The van der Waals surface area contributed by atoms with Crippen LogP contribution in [0.2, 0.25) is 0 Å². The van der Waals surface area contributed by atoms with Crippen molar-refractivity contribution in [2.24, 2.45) is 0 Å². The molecule has 0 aliphatic rings. The van der Waals surface area contributed by atoms with Gasteiger partial charge in [-0.25, -0.2) is 4.39 Å². The van der Waals surface area contributed by atoms with E-state index in [-0.39, 0.29) is 22.7 Å². The highest BCUT2D eigenvalue weighted by Crippen LogP contribution is 2.35. The summed E-state index contributed by atoms with van der Waals surface area (Å²) in [5, 5.41) is 2.27. The van der Waals surface area contributed by atoms with Gasteiger partial charge in [-0.15, -0.1) is 0 Å². The SMILES string of the molecule is COc1cc(OC)c(NC(C)=O)c(F)c1C=O. The van der Waals surface area contributed by atoms with E-state index in [2.05, 4.69) is 5.32 Å². The molecule has 0 aliphatic heterocycles. The standard InChI is InChI=1S/C11H12FNO4/c1-6(15)13-11-9(17-3)4-8(16-2)7(5-14)10(11)12/h4-5H,1-3H3,(H,13,15). The first-order valence-electron chi connectivity index (χ1n) is 4.72. The summed E-state index contributed by atoms with van der Waals surface area (Å²) >= 11 is 0. The summed E-state index contributed by atoms with van der Waals surface area (Å²) in [5.41, 5.74) is -0.444. The van der Waals surface area contributed by atoms with Crippen molar-refractivity contribution in [3.05, 3.63) is 17.4 Å². The van der Waals surface area contributed by atoms with Crippen LogP contribution in [-0.2, 0) is 4.79 Å². The minimum Gasteiger partial charge on any atom is -0.496 e. The molecular weight excluding hydrogens is 229 g/mol. The number of hydrogen-bond acceptors (Lipinski definition) is 4. The number of carbonyl (C=O) groups excluding carboxylic acids is 2. The van der Waals surface area contributed by atoms with Gasteiger partial charge in [0.05, 0.1) is 19.8 Å². The monoisotopic (exact) mass is 241 g/mol. The molecule has 6 heteroatoms. The number of benzene rings is 1. The number of methoxy groups -OCH3 is 2. The Hall–Kier alpha value is -2.11. The molecule has 1 N–H and O–H groups in total. The molecule has 0 heterocycles. The molecule has 0 fully saturated rings. The van der Waals surface area contributed by atoms with E-state index in [0.29, 0.717) is 6.29 Å². The maximum atomic E-state index is 13.9. The number of aldehydes is 1. The second kappa shape index (κ2) is 5.29. The lowest BCUT2D eigenvalue weighted by molar-refractivity contribution is -0.114. The second-order valence-electron chi connectivity index (χ2n) is 3.18. The smallest absolute Gasteiger partial charge is 0.221 e. The highest BCUT2D eigenvalue weighted by Gasteiger charge is 2.20. The third-order valence-electron chi connectivity index (χ3n) is 2.09. The Balaban J connectivity index is 3.46. The maximum absolute atomic E-state index is 13.9. The first kappa shape index (κ1) is 13.0. The number of amides is 1. The minimum absolute atomic E-state index is 0.0449. The third kappa shape index (κ3) is 2.52. The van der Waals surface area contributed by atoms with E-state index in [0.717, 1.165) is 0 Å². The van der Waals surface area contributed by atoms with Crippen molar-refractivity contribution in [3.8, 4) is 11.5 Å². The van der Waals surface area contributed by atoms with Gasteiger partial charge in [0, 0.05) is 13.0 Å². The Morgan fingerprint density at radius 3 is 2.35 bits per heavy atom. The van der Waals surface area contributed by atoms with Gasteiger partial charge in [0.1, 0.15) is 17.2 Å². The Morgan fingerprint density at radius 2 is 1.94 bits per heavy atom. The average molecular weight is 241 g/mol. The summed E-state index contributed by atoms with van der Waals surface area (Å²) in [4.78, 5) is 21.7. The Morgan fingerprint density at radius 1 is 1.35 bits per heavy atom. The number of carbonyl (C=O) groups is 2. The van der Waals surface area contributed by atoms with Crippen LogP contribution in [0.25, 0.3) is 0 Å². The molecule has 0 spiro atoms. The molecular formula is C11H12FNO4. The minimum atomic E-state index is -0.883. The molecule has 1 aromatic carbocycles. The van der Waals surface area contributed by atoms with Gasteiger partial charge in [0.15, 0.2) is 12.1 Å². The zero-order valence-corrected chi connectivity index (χ0v) is 9.67. The van der Waals surface area contributed by atoms with Gasteiger partial charge >= 0.3 is 0 Å². The van der Waals surface area contributed by atoms with Gasteiger partial charge in [0.25, 0.3) is 0 Å². The highest BCUT2D eigenvalue weighted by atomic mass is 19.1. The first-order chi connectivity index (χ1) is 8.04. The number of anilines is 1. The van der Waals surface area contributed by atoms with Crippen LogP contribution in [0.5, 0.6) is 11.5 Å². The van der Waals surface area contributed by atoms with Crippen LogP contribution in [-0.4, -0.2) is 26.4 Å². The normalized spacial score (nSPS) is 9.65. The number of nitrogens with one attached hydrogen (secondary N) is 1. The fraction of sp³-hybridized carbons (Fsp3) is 0.273. The summed E-state index contributed by atoms with van der Waals surface area (Å²) in [7, 11) is 2.62. The molecule has 17 heavy (non-hydrogen) atoms. The van der Waals surface area contributed by atoms with Gasteiger partial charge in [-0.2, -0.15) is 0 Å². The molecule has 0 unspecified atom stereocenters. The van der Waals surface area contributed by atoms with Gasteiger partial charge in [0.2, 0.25) is 5.91 Å². The molecule has 92 valence electrons. The van der Waals surface area contributed by atoms with E-state index in [1.54, 1.807) is 0 Å². The lowest BCUT2D eigenvalue weighted by Crippen LogP contribution is -2.11. The summed E-state index contributed by atoms with van der Waals surface area (Å²) in [6.45, 7) is 1.23. The van der Waals surface area contributed by atoms with E-state index in [4.69, 9.17) is 9.47 Å². The first-order valence-corrected chi connectivity index (χ1v) is 4.72. The second-order valence-corrected chi connectivity index (χ2v) is 3.18. The van der Waals surface area contributed by atoms with E-state index in [1.165, 1.54) is 27.2 Å². The van der Waals surface area contributed by atoms with Gasteiger partial charge in [-0.1, -0.05) is 0 Å². The van der Waals surface area contributed by atoms with Crippen LogP contribution in [0.4, 0.5) is 10.1 Å². The van der Waals surface area contributed by atoms with Gasteiger partial charge in [-0.3, -0.25) is 9.59 Å². The summed E-state index contributed by atoms with van der Waals surface area (Å²) in [6.07, 6.45) is 0.318. The number of hydrogen-bond donors (Lipinski definition) is 1. The molecule has 0 aromatic heterocycles. The van der Waals surface area contributed by atoms with Crippen molar-refractivity contribution in [3.63, 3.8) is 0 Å². The largest absolute Gasteiger partial charge is 0.496 e. The third-order valence-corrected chi connectivity index (χ3v) is 2.09. The van der Waals surface area contributed by atoms with Crippen LogP contribution in [0, 0.1) is 5.82 Å². The Labute approximate surface area is 97.5 Å². The van der Waals surface area contributed by atoms with Gasteiger partial charge < -0.3 is 14.8 Å². The molecule has 0 aliphatic carbocycles. The topological polar surface area (TPSA) is 64.6 Å². The highest BCUT2D eigenvalue weighted by molar-refractivity contribution is 5.93. The van der Waals surface area contributed by atoms with Crippen molar-refractivity contribution in [2.75, 3.05) is 19.5 Å². The molecule has 0 atom stereocenters. The number of rotatable bonds is 4. The molecule has 1 rings (SSSR count). The molecule has 0 radical (unpaired) electrons. The molecule has 1 amide bonds. The predicted octanol–water partition coefficient (Wildman–Crippen LogP) is 1.61. The zero-order chi connectivity index (χ0) is 13.0. The van der Waals surface area contributed by atoms with Crippen LogP contribution in [0.1, 0.15) is 17.3 Å². The summed E-state index contributed by atoms with van der Waals surface area (Å²) in [6, 6.07) is 1.33. The van der Waals surface area contributed by atoms with Crippen molar-refractivity contribution in [1.29, 1.82) is 0 Å². The van der Waals surface area contributed by atoms with Crippen LogP contribution in [0.15, 0.2) is 6.07 Å². The van der Waals surface area contributed by atoms with Crippen molar-refractivity contribution in [1.82, 2.24) is 0 Å². The molecule has 5 nitrogen and oxygen atoms in total. The van der Waals surface area contributed by atoms with Crippen molar-refractivity contribution in [2.45, 2.75) is 6.92 Å². The zero-order valence-electron chi connectivity index (χ0n) is 9.67. The molecule has 0 saturated heterocycles. The molecule has 0 saturated carbocycles.